The molecule has 0 atom stereocenters. The van der Waals surface area contributed by atoms with E-state index in [0.29, 0.717) is 39.2 Å². The number of hydrogen-bond donors (Lipinski definition) is 1. The second-order valence-corrected chi connectivity index (χ2v) is 7.86. The summed E-state index contributed by atoms with van der Waals surface area (Å²) < 4.78 is 37.4. The van der Waals surface area contributed by atoms with Crippen molar-refractivity contribution < 1.29 is 22.7 Å². The average molecular weight is 386 g/mol. The van der Waals surface area contributed by atoms with Gasteiger partial charge in [0, 0.05) is 46.3 Å². The summed E-state index contributed by atoms with van der Waals surface area (Å²) in [5.41, 5.74) is 5.33. The van der Waals surface area contributed by atoms with Crippen molar-refractivity contribution >= 4 is 15.9 Å². The molecule has 10 heteroatoms. The van der Waals surface area contributed by atoms with E-state index in [4.69, 9.17) is 15.2 Å². The van der Waals surface area contributed by atoms with Crippen LogP contribution in [-0.4, -0.2) is 81.6 Å². The summed E-state index contributed by atoms with van der Waals surface area (Å²) in [6.07, 6.45) is 1.82. The van der Waals surface area contributed by atoms with Crippen LogP contribution in [0, 0.1) is 0 Å². The van der Waals surface area contributed by atoms with Gasteiger partial charge in [-0.1, -0.05) is 6.92 Å². The Morgan fingerprint density at radius 1 is 1.27 bits per heavy atom. The highest BCUT2D eigenvalue weighted by molar-refractivity contribution is 7.89. The van der Waals surface area contributed by atoms with Crippen LogP contribution in [0.25, 0.3) is 0 Å². The number of sulfonamides is 1. The standard InChI is InChI=1S/C16H26N4O5S/c1-3-19-5-7-20(8-6-19)26(22,23)13-11-14(15(17)21)16(18-12-13)25-10-4-9-24-2/h11-12H,3-10H2,1-2H3,(H2,17,21). The third-order valence-electron chi connectivity index (χ3n) is 4.24. The molecule has 1 saturated heterocycles. The Bertz CT molecular complexity index is 717. The van der Waals surface area contributed by atoms with Crippen LogP contribution in [0.15, 0.2) is 17.2 Å². The van der Waals surface area contributed by atoms with Crippen molar-refractivity contribution in [2.75, 3.05) is 53.0 Å². The lowest BCUT2D eigenvalue weighted by atomic mass is 10.2. The molecular weight excluding hydrogens is 360 g/mol. The molecule has 0 saturated carbocycles. The van der Waals surface area contributed by atoms with Crippen LogP contribution in [0.5, 0.6) is 5.88 Å². The minimum atomic E-state index is -3.73. The first kappa shape index (κ1) is 20.6. The first-order valence-electron chi connectivity index (χ1n) is 8.54. The molecule has 0 unspecified atom stereocenters. The highest BCUT2D eigenvalue weighted by atomic mass is 32.2. The number of primary amides is 1. The van der Waals surface area contributed by atoms with E-state index in [0.717, 1.165) is 6.54 Å². The zero-order chi connectivity index (χ0) is 19.2. The third-order valence-corrected chi connectivity index (χ3v) is 6.10. The van der Waals surface area contributed by atoms with E-state index in [1.807, 2.05) is 6.92 Å². The second kappa shape index (κ2) is 9.26. The SMILES string of the molecule is CCN1CCN(S(=O)(=O)c2cnc(OCCCOC)c(C(N)=O)c2)CC1. The van der Waals surface area contributed by atoms with E-state index < -0.39 is 15.9 Å². The van der Waals surface area contributed by atoms with Gasteiger partial charge < -0.3 is 20.1 Å². The quantitative estimate of drug-likeness (QED) is 0.590. The first-order valence-corrected chi connectivity index (χ1v) is 9.98. The van der Waals surface area contributed by atoms with Gasteiger partial charge >= 0.3 is 0 Å². The molecule has 0 aromatic carbocycles. The number of aromatic nitrogens is 1. The number of methoxy groups -OCH3 is 1. The minimum absolute atomic E-state index is 0.0309. The maximum absolute atomic E-state index is 12.8. The number of ether oxygens (including phenoxy) is 2. The number of carbonyl (C=O) groups is 1. The summed E-state index contributed by atoms with van der Waals surface area (Å²) in [4.78, 5) is 17.8. The minimum Gasteiger partial charge on any atom is -0.477 e. The molecule has 1 amide bonds. The Balaban J connectivity index is 2.18. The van der Waals surface area contributed by atoms with Gasteiger partial charge in [-0.2, -0.15) is 4.31 Å². The predicted octanol–water partition coefficient (Wildman–Crippen LogP) is -0.0780. The maximum atomic E-state index is 12.8. The second-order valence-electron chi connectivity index (χ2n) is 5.92. The zero-order valence-electron chi connectivity index (χ0n) is 15.2. The summed E-state index contributed by atoms with van der Waals surface area (Å²) in [6, 6.07) is 1.24. The monoisotopic (exact) mass is 386 g/mol. The fraction of sp³-hybridized carbons (Fsp3) is 0.625. The van der Waals surface area contributed by atoms with Gasteiger partial charge in [0.05, 0.1) is 12.8 Å². The lowest BCUT2D eigenvalue weighted by Gasteiger charge is -2.33. The molecule has 0 radical (unpaired) electrons. The molecule has 1 fully saturated rings. The van der Waals surface area contributed by atoms with Crippen molar-refractivity contribution in [1.29, 1.82) is 0 Å². The summed E-state index contributed by atoms with van der Waals surface area (Å²) in [5, 5.41) is 0. The van der Waals surface area contributed by atoms with E-state index in [9.17, 15) is 13.2 Å². The third kappa shape index (κ3) is 4.91. The summed E-state index contributed by atoms with van der Waals surface area (Å²) in [6.45, 7) is 5.86. The number of hydrogen-bond acceptors (Lipinski definition) is 7. The number of pyridine rings is 1. The Kier molecular flexibility index (Phi) is 7.33. The van der Waals surface area contributed by atoms with Gasteiger partial charge in [0.2, 0.25) is 15.9 Å². The molecule has 26 heavy (non-hydrogen) atoms. The highest BCUT2D eigenvalue weighted by Gasteiger charge is 2.29. The Morgan fingerprint density at radius 3 is 2.54 bits per heavy atom. The number of nitrogens with zero attached hydrogens (tertiary/aromatic N) is 3. The molecule has 1 aromatic heterocycles. The summed E-state index contributed by atoms with van der Waals surface area (Å²) >= 11 is 0. The van der Waals surface area contributed by atoms with Gasteiger partial charge in [-0.05, 0) is 12.6 Å². The van der Waals surface area contributed by atoms with Gasteiger partial charge in [0.15, 0.2) is 0 Å². The number of carbonyl (C=O) groups excluding carboxylic acids is 1. The topological polar surface area (TPSA) is 115 Å². The van der Waals surface area contributed by atoms with Gasteiger partial charge in [-0.3, -0.25) is 4.79 Å². The van der Waals surface area contributed by atoms with Gasteiger partial charge in [0.25, 0.3) is 5.91 Å². The molecule has 2 N–H and O–H groups in total. The zero-order valence-corrected chi connectivity index (χ0v) is 16.0. The molecule has 0 spiro atoms. The number of nitrogens with two attached hydrogens (primary N) is 1. The Hall–Kier alpha value is -1.75. The van der Waals surface area contributed by atoms with Crippen LogP contribution in [0.1, 0.15) is 23.7 Å². The lowest BCUT2D eigenvalue weighted by Crippen LogP contribution is -2.48. The van der Waals surface area contributed by atoms with E-state index in [1.165, 1.54) is 16.6 Å². The highest BCUT2D eigenvalue weighted by Crippen LogP contribution is 2.23. The lowest BCUT2D eigenvalue weighted by molar-refractivity contribution is 0.0994. The van der Waals surface area contributed by atoms with Crippen LogP contribution in [0.3, 0.4) is 0 Å². The molecule has 2 rings (SSSR count). The van der Waals surface area contributed by atoms with Crippen molar-refractivity contribution in [3.8, 4) is 5.88 Å². The van der Waals surface area contributed by atoms with Crippen molar-refractivity contribution in [3.63, 3.8) is 0 Å². The fourth-order valence-corrected chi connectivity index (χ4v) is 4.07. The van der Waals surface area contributed by atoms with Gasteiger partial charge in [-0.25, -0.2) is 13.4 Å². The molecule has 2 heterocycles. The van der Waals surface area contributed by atoms with Crippen molar-refractivity contribution in [3.05, 3.63) is 17.8 Å². The van der Waals surface area contributed by atoms with E-state index in [-0.39, 0.29) is 22.9 Å². The van der Waals surface area contributed by atoms with Crippen LogP contribution in [0.2, 0.25) is 0 Å². The molecule has 1 aliphatic heterocycles. The van der Waals surface area contributed by atoms with Crippen molar-refractivity contribution in [2.45, 2.75) is 18.2 Å². The van der Waals surface area contributed by atoms with Gasteiger partial charge in [-0.15, -0.1) is 0 Å². The molecule has 1 aliphatic rings. The predicted molar refractivity (Wildman–Crippen MR) is 95.6 cm³/mol. The normalized spacial score (nSPS) is 16.5. The number of rotatable bonds is 9. The largest absolute Gasteiger partial charge is 0.477 e. The molecule has 0 aliphatic carbocycles. The Labute approximate surface area is 154 Å². The van der Waals surface area contributed by atoms with Crippen molar-refractivity contribution in [1.82, 2.24) is 14.2 Å². The molecule has 9 nitrogen and oxygen atoms in total. The van der Waals surface area contributed by atoms with Crippen molar-refractivity contribution in [2.24, 2.45) is 5.73 Å². The van der Waals surface area contributed by atoms with Crippen LogP contribution in [0.4, 0.5) is 0 Å². The molecule has 0 bridgehead atoms. The number of amides is 1. The van der Waals surface area contributed by atoms with E-state index >= 15 is 0 Å². The van der Waals surface area contributed by atoms with E-state index in [2.05, 4.69) is 9.88 Å². The average Bonchev–Trinajstić information content (AvgIpc) is 2.65. The van der Waals surface area contributed by atoms with Crippen LogP contribution in [-0.2, 0) is 14.8 Å². The smallest absolute Gasteiger partial charge is 0.254 e. The first-order chi connectivity index (χ1) is 12.4. The molecular formula is C16H26N4O5S. The molecule has 146 valence electrons. The number of piperazine rings is 1. The molecule has 1 aromatic rings. The van der Waals surface area contributed by atoms with Crippen LogP contribution >= 0.6 is 0 Å². The van der Waals surface area contributed by atoms with Crippen LogP contribution < -0.4 is 10.5 Å². The summed E-state index contributed by atoms with van der Waals surface area (Å²) in [7, 11) is -2.16. The fourth-order valence-electron chi connectivity index (χ4n) is 2.67. The summed E-state index contributed by atoms with van der Waals surface area (Å²) in [5.74, 6) is -0.754. The number of likely N-dealkylation sites (N-methyl/N-ethyl adjacent to an activating group) is 1. The van der Waals surface area contributed by atoms with Gasteiger partial charge in [0.1, 0.15) is 10.5 Å². The Morgan fingerprint density at radius 2 is 1.96 bits per heavy atom. The van der Waals surface area contributed by atoms with E-state index in [1.54, 1.807) is 7.11 Å². The maximum Gasteiger partial charge on any atom is 0.254 e.